The van der Waals surface area contributed by atoms with Gasteiger partial charge in [0.15, 0.2) is 0 Å². The number of aryl methyl sites for hydroxylation is 1. The van der Waals surface area contributed by atoms with E-state index in [0.717, 1.165) is 11.4 Å². The molecule has 94 valence electrons. The fourth-order valence-electron chi connectivity index (χ4n) is 2.01. The quantitative estimate of drug-likeness (QED) is 0.910. The number of likely N-dealkylation sites (N-methyl/N-ethyl adjacent to an activating group) is 1. The minimum Gasteiger partial charge on any atom is -0.313 e. The average Bonchev–Trinajstić information content (AvgIpc) is 2.38. The molecule has 0 amide bonds. The summed E-state index contributed by atoms with van der Waals surface area (Å²) in [6.45, 7) is 2.06. The lowest BCUT2D eigenvalue weighted by molar-refractivity contribution is 0.589. The van der Waals surface area contributed by atoms with Crippen molar-refractivity contribution < 1.29 is 0 Å². The minimum absolute atomic E-state index is 0.276. The van der Waals surface area contributed by atoms with E-state index in [2.05, 4.69) is 35.4 Å². The molecular formula is C15H17ClN2. The predicted molar refractivity (Wildman–Crippen MR) is 75.9 cm³/mol. The number of hydrogen-bond donors (Lipinski definition) is 1. The number of aromatic nitrogens is 1. The Labute approximate surface area is 113 Å². The van der Waals surface area contributed by atoms with Crippen LogP contribution in [0.4, 0.5) is 0 Å². The number of nitrogens with one attached hydrogen (secondary N) is 1. The Morgan fingerprint density at radius 1 is 1.22 bits per heavy atom. The lowest BCUT2D eigenvalue weighted by Crippen LogP contribution is -2.19. The molecule has 2 rings (SSSR count). The second kappa shape index (κ2) is 5.98. The Balaban J connectivity index is 2.17. The Bertz CT molecular complexity index is 508. The summed E-state index contributed by atoms with van der Waals surface area (Å²) in [4.78, 5) is 4.25. The van der Waals surface area contributed by atoms with Crippen molar-refractivity contribution in [3.05, 3.63) is 64.4 Å². The van der Waals surface area contributed by atoms with E-state index >= 15 is 0 Å². The highest BCUT2D eigenvalue weighted by Crippen LogP contribution is 2.19. The topological polar surface area (TPSA) is 24.9 Å². The maximum absolute atomic E-state index is 5.89. The molecular weight excluding hydrogens is 244 g/mol. The molecule has 2 nitrogen and oxygen atoms in total. The van der Waals surface area contributed by atoms with Crippen LogP contribution in [0.15, 0.2) is 42.7 Å². The lowest BCUT2D eigenvalue weighted by Gasteiger charge is -2.17. The van der Waals surface area contributed by atoms with Crippen LogP contribution in [0.3, 0.4) is 0 Å². The van der Waals surface area contributed by atoms with Gasteiger partial charge >= 0.3 is 0 Å². The van der Waals surface area contributed by atoms with Gasteiger partial charge in [-0.25, -0.2) is 0 Å². The van der Waals surface area contributed by atoms with Gasteiger partial charge in [-0.05, 0) is 49.2 Å². The normalized spacial score (nSPS) is 12.4. The Morgan fingerprint density at radius 2 is 1.94 bits per heavy atom. The zero-order chi connectivity index (χ0) is 13.0. The average molecular weight is 261 g/mol. The van der Waals surface area contributed by atoms with Crippen molar-refractivity contribution in [3.8, 4) is 0 Å². The maximum atomic E-state index is 5.89. The van der Waals surface area contributed by atoms with Crippen LogP contribution in [-0.4, -0.2) is 12.0 Å². The van der Waals surface area contributed by atoms with E-state index in [1.807, 2.05) is 31.6 Å². The van der Waals surface area contributed by atoms with Crippen molar-refractivity contribution in [2.75, 3.05) is 7.05 Å². The largest absolute Gasteiger partial charge is 0.313 e. The number of rotatable bonds is 4. The summed E-state index contributed by atoms with van der Waals surface area (Å²) < 4.78 is 0. The lowest BCUT2D eigenvalue weighted by atomic mass is 9.99. The highest BCUT2D eigenvalue weighted by molar-refractivity contribution is 6.30. The molecule has 1 N–H and O–H groups in total. The first-order valence-corrected chi connectivity index (χ1v) is 6.40. The van der Waals surface area contributed by atoms with Gasteiger partial charge in [-0.3, -0.25) is 4.98 Å². The molecule has 0 spiro atoms. The molecule has 0 aliphatic carbocycles. The highest BCUT2D eigenvalue weighted by atomic mass is 35.5. The van der Waals surface area contributed by atoms with Crippen LogP contribution in [0.25, 0.3) is 0 Å². The van der Waals surface area contributed by atoms with Gasteiger partial charge in [0, 0.05) is 23.5 Å². The summed E-state index contributed by atoms with van der Waals surface area (Å²) in [6.07, 6.45) is 4.72. The molecule has 0 aliphatic rings. The highest BCUT2D eigenvalue weighted by Gasteiger charge is 2.10. The number of halogens is 1. The van der Waals surface area contributed by atoms with Crippen molar-refractivity contribution >= 4 is 11.6 Å². The molecule has 1 atom stereocenters. The first kappa shape index (κ1) is 13.1. The van der Waals surface area contributed by atoms with E-state index < -0.39 is 0 Å². The van der Waals surface area contributed by atoms with Gasteiger partial charge in [0.1, 0.15) is 0 Å². The molecule has 2 aromatic rings. The van der Waals surface area contributed by atoms with Gasteiger partial charge in [-0.15, -0.1) is 0 Å². The van der Waals surface area contributed by atoms with Crippen LogP contribution in [-0.2, 0) is 6.42 Å². The molecule has 0 bridgehead atoms. The molecule has 1 aromatic carbocycles. The third-order valence-corrected chi connectivity index (χ3v) is 3.25. The van der Waals surface area contributed by atoms with Crippen LogP contribution in [0.1, 0.15) is 22.7 Å². The molecule has 0 fully saturated rings. The molecule has 0 radical (unpaired) electrons. The molecule has 0 saturated carbocycles. The minimum atomic E-state index is 0.276. The maximum Gasteiger partial charge on any atom is 0.0406 e. The predicted octanol–water partition coefficient (Wildman–Crippen LogP) is 3.55. The van der Waals surface area contributed by atoms with E-state index in [4.69, 9.17) is 11.6 Å². The van der Waals surface area contributed by atoms with Crippen molar-refractivity contribution in [1.29, 1.82) is 0 Å². The monoisotopic (exact) mass is 260 g/mol. The second-order valence-corrected chi connectivity index (χ2v) is 4.90. The van der Waals surface area contributed by atoms with E-state index in [1.54, 1.807) is 0 Å². The van der Waals surface area contributed by atoms with Crippen molar-refractivity contribution in [1.82, 2.24) is 10.3 Å². The molecule has 3 heteroatoms. The summed E-state index contributed by atoms with van der Waals surface area (Å²) in [7, 11) is 1.98. The number of benzene rings is 1. The second-order valence-electron chi connectivity index (χ2n) is 4.47. The van der Waals surface area contributed by atoms with E-state index in [9.17, 15) is 0 Å². The molecule has 1 unspecified atom stereocenters. The van der Waals surface area contributed by atoms with Gasteiger partial charge in [0.2, 0.25) is 0 Å². The SMILES string of the molecule is CNC(Cc1ccc(Cl)cc1)c1cncc(C)c1. The fraction of sp³-hybridized carbons (Fsp3) is 0.267. The van der Waals surface area contributed by atoms with Gasteiger partial charge in [0.25, 0.3) is 0 Å². The van der Waals surface area contributed by atoms with E-state index in [1.165, 1.54) is 16.7 Å². The Morgan fingerprint density at radius 3 is 2.56 bits per heavy atom. The first-order valence-electron chi connectivity index (χ1n) is 6.02. The van der Waals surface area contributed by atoms with Gasteiger partial charge < -0.3 is 5.32 Å². The summed E-state index contributed by atoms with van der Waals surface area (Å²) in [5.74, 6) is 0. The third kappa shape index (κ3) is 3.31. The van der Waals surface area contributed by atoms with Crippen LogP contribution in [0.2, 0.25) is 5.02 Å². The number of pyridine rings is 1. The molecule has 0 saturated heterocycles. The van der Waals surface area contributed by atoms with Crippen LogP contribution in [0, 0.1) is 6.92 Å². The fourth-order valence-corrected chi connectivity index (χ4v) is 2.14. The van der Waals surface area contributed by atoms with Crippen molar-refractivity contribution in [2.45, 2.75) is 19.4 Å². The van der Waals surface area contributed by atoms with E-state index in [0.29, 0.717) is 0 Å². The summed E-state index contributed by atoms with van der Waals surface area (Å²) >= 11 is 5.89. The van der Waals surface area contributed by atoms with Crippen LogP contribution < -0.4 is 5.32 Å². The molecule has 1 aromatic heterocycles. The van der Waals surface area contributed by atoms with Gasteiger partial charge in [-0.1, -0.05) is 29.8 Å². The van der Waals surface area contributed by atoms with Gasteiger partial charge in [-0.2, -0.15) is 0 Å². The summed E-state index contributed by atoms with van der Waals surface area (Å²) in [6, 6.07) is 10.4. The first-order chi connectivity index (χ1) is 8.69. The zero-order valence-corrected chi connectivity index (χ0v) is 11.4. The van der Waals surface area contributed by atoms with E-state index in [-0.39, 0.29) is 6.04 Å². The molecule has 0 aliphatic heterocycles. The smallest absolute Gasteiger partial charge is 0.0406 e. The standard InChI is InChI=1S/C15H17ClN2/c1-11-7-13(10-18-9-11)15(17-2)8-12-3-5-14(16)6-4-12/h3-7,9-10,15,17H,8H2,1-2H3. The van der Waals surface area contributed by atoms with Crippen LogP contribution >= 0.6 is 11.6 Å². The Hall–Kier alpha value is -1.38. The van der Waals surface area contributed by atoms with Crippen molar-refractivity contribution in [2.24, 2.45) is 0 Å². The number of hydrogen-bond acceptors (Lipinski definition) is 2. The molecule has 1 heterocycles. The zero-order valence-electron chi connectivity index (χ0n) is 10.7. The third-order valence-electron chi connectivity index (χ3n) is 3.00. The van der Waals surface area contributed by atoms with Crippen molar-refractivity contribution in [3.63, 3.8) is 0 Å². The summed E-state index contributed by atoms with van der Waals surface area (Å²) in [5.41, 5.74) is 3.66. The molecule has 18 heavy (non-hydrogen) atoms. The van der Waals surface area contributed by atoms with Gasteiger partial charge in [0.05, 0.1) is 0 Å². The Kier molecular flexibility index (Phi) is 4.34. The van der Waals surface area contributed by atoms with Crippen LogP contribution in [0.5, 0.6) is 0 Å². The number of nitrogens with zero attached hydrogens (tertiary/aromatic N) is 1. The summed E-state index contributed by atoms with van der Waals surface area (Å²) in [5, 5.41) is 4.11.